The Labute approximate surface area is 123 Å². The summed E-state index contributed by atoms with van der Waals surface area (Å²) in [5, 5.41) is 3.55. The first-order valence-electron chi connectivity index (χ1n) is 7.98. The van der Waals surface area contributed by atoms with Gasteiger partial charge in [-0.05, 0) is 42.4 Å². The second-order valence-electron chi connectivity index (χ2n) is 6.86. The van der Waals surface area contributed by atoms with Gasteiger partial charge in [0.2, 0.25) is 0 Å². The van der Waals surface area contributed by atoms with Crippen molar-refractivity contribution in [3.63, 3.8) is 0 Å². The monoisotopic (exact) mass is 275 g/mol. The van der Waals surface area contributed by atoms with Crippen LogP contribution < -0.4 is 10.1 Å². The van der Waals surface area contributed by atoms with Gasteiger partial charge in [0.05, 0.1) is 6.61 Å². The summed E-state index contributed by atoms with van der Waals surface area (Å²) in [6.07, 6.45) is 3.85. The number of rotatable bonds is 8. The Bertz CT molecular complexity index is 406. The van der Waals surface area contributed by atoms with Crippen LogP contribution in [0.3, 0.4) is 0 Å². The van der Waals surface area contributed by atoms with Crippen LogP contribution in [-0.4, -0.2) is 19.2 Å². The largest absolute Gasteiger partial charge is 0.493 e. The van der Waals surface area contributed by atoms with Gasteiger partial charge in [-0.3, -0.25) is 0 Å². The lowest BCUT2D eigenvalue weighted by molar-refractivity contribution is 0.255. The van der Waals surface area contributed by atoms with Crippen LogP contribution in [0.1, 0.15) is 52.5 Å². The predicted octanol–water partition coefficient (Wildman–Crippen LogP) is 4.14. The van der Waals surface area contributed by atoms with Crippen LogP contribution in [0.15, 0.2) is 24.3 Å². The van der Waals surface area contributed by atoms with Gasteiger partial charge >= 0.3 is 0 Å². The van der Waals surface area contributed by atoms with Crippen LogP contribution in [0, 0.1) is 5.92 Å². The SMILES string of the molecule is CCC(C)(C)c1ccc(OCC(C)CNC2CC2)cc1. The van der Waals surface area contributed by atoms with Crippen molar-refractivity contribution >= 4 is 0 Å². The number of benzene rings is 1. The fourth-order valence-electron chi connectivity index (χ4n) is 2.16. The molecule has 1 aromatic rings. The van der Waals surface area contributed by atoms with E-state index in [0.717, 1.165) is 31.4 Å². The fraction of sp³-hybridized carbons (Fsp3) is 0.667. The average molecular weight is 275 g/mol. The van der Waals surface area contributed by atoms with Crippen molar-refractivity contribution in [2.24, 2.45) is 5.92 Å². The molecule has 0 spiro atoms. The molecule has 0 bridgehead atoms. The van der Waals surface area contributed by atoms with Gasteiger partial charge < -0.3 is 10.1 Å². The number of ether oxygens (including phenoxy) is 1. The molecule has 0 heterocycles. The Morgan fingerprint density at radius 3 is 2.45 bits per heavy atom. The maximum absolute atomic E-state index is 5.88. The summed E-state index contributed by atoms with van der Waals surface area (Å²) in [6, 6.07) is 9.40. The van der Waals surface area contributed by atoms with Crippen molar-refractivity contribution in [1.82, 2.24) is 5.32 Å². The van der Waals surface area contributed by atoms with E-state index in [0.29, 0.717) is 5.92 Å². The van der Waals surface area contributed by atoms with Crippen LogP contribution in [-0.2, 0) is 5.41 Å². The van der Waals surface area contributed by atoms with Gasteiger partial charge in [-0.1, -0.05) is 39.8 Å². The zero-order chi connectivity index (χ0) is 14.6. The van der Waals surface area contributed by atoms with Gasteiger partial charge in [0.25, 0.3) is 0 Å². The van der Waals surface area contributed by atoms with Crippen LogP contribution in [0.2, 0.25) is 0 Å². The fourth-order valence-corrected chi connectivity index (χ4v) is 2.16. The molecule has 0 saturated heterocycles. The maximum Gasteiger partial charge on any atom is 0.119 e. The standard InChI is InChI=1S/C18H29NO/c1-5-18(3,4)15-6-10-17(11-7-15)20-13-14(2)12-19-16-8-9-16/h6-7,10-11,14,16,19H,5,8-9,12-13H2,1-4H3. The molecular weight excluding hydrogens is 246 g/mol. The predicted molar refractivity (Wildman–Crippen MR) is 85.4 cm³/mol. The van der Waals surface area contributed by atoms with Crippen molar-refractivity contribution in [1.29, 1.82) is 0 Å². The van der Waals surface area contributed by atoms with Gasteiger partial charge in [-0.2, -0.15) is 0 Å². The Kier molecular flexibility index (Phi) is 5.09. The molecule has 0 radical (unpaired) electrons. The molecule has 1 saturated carbocycles. The van der Waals surface area contributed by atoms with E-state index < -0.39 is 0 Å². The smallest absolute Gasteiger partial charge is 0.119 e. The Hall–Kier alpha value is -1.02. The van der Waals surface area contributed by atoms with Crippen LogP contribution in [0.4, 0.5) is 0 Å². The van der Waals surface area contributed by atoms with E-state index in [1.807, 2.05) is 0 Å². The Morgan fingerprint density at radius 2 is 1.90 bits per heavy atom. The summed E-state index contributed by atoms with van der Waals surface area (Å²) in [5.74, 6) is 1.54. The highest BCUT2D eigenvalue weighted by atomic mass is 16.5. The topological polar surface area (TPSA) is 21.3 Å². The van der Waals surface area contributed by atoms with Gasteiger partial charge in [0.15, 0.2) is 0 Å². The third-order valence-corrected chi connectivity index (χ3v) is 4.39. The molecule has 112 valence electrons. The van der Waals surface area contributed by atoms with Gasteiger partial charge in [-0.15, -0.1) is 0 Å². The van der Waals surface area contributed by atoms with E-state index in [1.54, 1.807) is 0 Å². The average Bonchev–Trinajstić information content (AvgIpc) is 3.27. The summed E-state index contributed by atoms with van der Waals surface area (Å²) in [4.78, 5) is 0. The molecule has 2 heteroatoms. The summed E-state index contributed by atoms with van der Waals surface area (Å²) < 4.78 is 5.88. The lowest BCUT2D eigenvalue weighted by atomic mass is 9.82. The Morgan fingerprint density at radius 1 is 1.25 bits per heavy atom. The molecule has 1 aliphatic rings. The lowest BCUT2D eigenvalue weighted by Crippen LogP contribution is -2.26. The van der Waals surface area contributed by atoms with Crippen molar-refractivity contribution < 1.29 is 4.74 Å². The molecule has 0 aliphatic heterocycles. The van der Waals surface area contributed by atoms with E-state index >= 15 is 0 Å². The molecule has 20 heavy (non-hydrogen) atoms. The van der Waals surface area contributed by atoms with Gasteiger partial charge in [0, 0.05) is 18.5 Å². The second-order valence-corrected chi connectivity index (χ2v) is 6.86. The highest BCUT2D eigenvalue weighted by Gasteiger charge is 2.21. The molecule has 1 fully saturated rings. The number of hydrogen-bond donors (Lipinski definition) is 1. The van der Waals surface area contributed by atoms with Crippen molar-refractivity contribution in [3.05, 3.63) is 29.8 Å². The first kappa shape index (κ1) is 15.4. The van der Waals surface area contributed by atoms with E-state index in [-0.39, 0.29) is 5.41 Å². The zero-order valence-electron chi connectivity index (χ0n) is 13.4. The third-order valence-electron chi connectivity index (χ3n) is 4.39. The third kappa shape index (κ3) is 4.52. The molecule has 1 aliphatic carbocycles. The van der Waals surface area contributed by atoms with Crippen LogP contribution >= 0.6 is 0 Å². The van der Waals surface area contributed by atoms with E-state index in [2.05, 4.69) is 57.3 Å². The molecule has 1 atom stereocenters. The normalized spacial score (nSPS) is 17.0. The van der Waals surface area contributed by atoms with Crippen molar-refractivity contribution in [2.45, 2.75) is 58.4 Å². The molecule has 1 N–H and O–H groups in total. The van der Waals surface area contributed by atoms with Gasteiger partial charge in [0.1, 0.15) is 5.75 Å². The van der Waals surface area contributed by atoms with Crippen molar-refractivity contribution in [3.8, 4) is 5.75 Å². The minimum Gasteiger partial charge on any atom is -0.493 e. The minimum absolute atomic E-state index is 0.250. The molecule has 1 aromatic carbocycles. The van der Waals surface area contributed by atoms with Gasteiger partial charge in [-0.25, -0.2) is 0 Å². The highest BCUT2D eigenvalue weighted by Crippen LogP contribution is 2.28. The molecule has 0 amide bonds. The minimum atomic E-state index is 0.250. The molecular formula is C18H29NO. The first-order chi connectivity index (χ1) is 9.51. The summed E-state index contributed by atoms with van der Waals surface area (Å²) in [7, 11) is 0. The maximum atomic E-state index is 5.88. The zero-order valence-corrected chi connectivity index (χ0v) is 13.4. The summed E-state index contributed by atoms with van der Waals surface area (Å²) in [5.41, 5.74) is 1.64. The second kappa shape index (κ2) is 6.62. The van der Waals surface area contributed by atoms with Crippen LogP contribution in [0.5, 0.6) is 5.75 Å². The Balaban J connectivity index is 1.78. The van der Waals surface area contributed by atoms with E-state index in [1.165, 1.54) is 18.4 Å². The highest BCUT2D eigenvalue weighted by molar-refractivity contribution is 5.31. The van der Waals surface area contributed by atoms with E-state index in [4.69, 9.17) is 4.74 Å². The number of nitrogens with one attached hydrogen (secondary N) is 1. The lowest BCUT2D eigenvalue weighted by Gasteiger charge is -2.23. The first-order valence-corrected chi connectivity index (χ1v) is 7.98. The summed E-state index contributed by atoms with van der Waals surface area (Å²) >= 11 is 0. The molecule has 2 rings (SSSR count). The molecule has 1 unspecified atom stereocenters. The van der Waals surface area contributed by atoms with E-state index in [9.17, 15) is 0 Å². The quantitative estimate of drug-likeness (QED) is 0.770. The van der Waals surface area contributed by atoms with Crippen molar-refractivity contribution in [2.75, 3.05) is 13.2 Å². The molecule has 2 nitrogen and oxygen atoms in total. The molecule has 0 aromatic heterocycles. The van der Waals surface area contributed by atoms with Crippen LogP contribution in [0.25, 0.3) is 0 Å². The number of hydrogen-bond acceptors (Lipinski definition) is 2. The summed E-state index contributed by atoms with van der Waals surface area (Å²) in [6.45, 7) is 10.9.